The van der Waals surface area contributed by atoms with Crippen molar-refractivity contribution < 1.29 is 32.8 Å². The first-order chi connectivity index (χ1) is 7.23. The average molecular weight is 286 g/mol. The fraction of sp³-hybridized carbons (Fsp3) is 0. The summed E-state index contributed by atoms with van der Waals surface area (Å²) >= 11 is 0. The number of hydrogen-bond acceptors (Lipinski definition) is 4. The van der Waals surface area contributed by atoms with Gasteiger partial charge in [0.15, 0.2) is 0 Å². The Bertz CT molecular complexity index is 563. The van der Waals surface area contributed by atoms with E-state index in [-0.39, 0.29) is 51.4 Å². The van der Waals surface area contributed by atoms with Gasteiger partial charge in [-0.25, -0.2) is 9.59 Å². The Hall–Kier alpha value is -0.294. The van der Waals surface area contributed by atoms with Crippen LogP contribution >= 0.6 is 0 Å². The molecule has 0 aliphatic heterocycles. The number of aromatic carboxylic acids is 2. The van der Waals surface area contributed by atoms with Gasteiger partial charge in [-0.1, -0.05) is 0 Å². The van der Waals surface area contributed by atoms with Crippen molar-refractivity contribution in [2.75, 3.05) is 0 Å². The van der Waals surface area contributed by atoms with Gasteiger partial charge in [-0.2, -0.15) is 8.42 Å². The van der Waals surface area contributed by atoms with Gasteiger partial charge >= 0.3 is 63.3 Å². The van der Waals surface area contributed by atoms with E-state index in [1.807, 2.05) is 0 Å². The van der Waals surface area contributed by atoms with E-state index in [1.54, 1.807) is 0 Å². The molecular formula is C8H7KO7S. The molecule has 0 saturated carbocycles. The number of benzene rings is 1. The van der Waals surface area contributed by atoms with Crippen LogP contribution in [0.25, 0.3) is 0 Å². The molecule has 0 aliphatic carbocycles. The molecule has 0 heterocycles. The Morgan fingerprint density at radius 2 is 1.59 bits per heavy atom. The fourth-order valence-corrected chi connectivity index (χ4v) is 1.75. The zero-order valence-electron chi connectivity index (χ0n) is 7.61. The zero-order valence-corrected chi connectivity index (χ0v) is 8.43. The first-order valence-electron chi connectivity index (χ1n) is 3.81. The number of hydrogen-bond donors (Lipinski definition) is 3. The van der Waals surface area contributed by atoms with Crippen molar-refractivity contribution in [3.05, 3.63) is 29.3 Å². The van der Waals surface area contributed by atoms with Crippen molar-refractivity contribution in [3.8, 4) is 0 Å². The van der Waals surface area contributed by atoms with Gasteiger partial charge in [-0.05, 0) is 18.2 Å². The van der Waals surface area contributed by atoms with Crippen LogP contribution in [-0.4, -0.2) is 86.5 Å². The minimum absolute atomic E-state index is 0. The molecule has 9 heteroatoms. The van der Waals surface area contributed by atoms with Crippen LogP contribution in [0.15, 0.2) is 23.1 Å². The summed E-state index contributed by atoms with van der Waals surface area (Å²) in [6.45, 7) is 0. The molecule has 0 aromatic heterocycles. The van der Waals surface area contributed by atoms with Gasteiger partial charge in [0.2, 0.25) is 0 Å². The van der Waals surface area contributed by atoms with E-state index in [0.29, 0.717) is 6.07 Å². The van der Waals surface area contributed by atoms with Crippen LogP contribution in [0.2, 0.25) is 0 Å². The van der Waals surface area contributed by atoms with Crippen molar-refractivity contribution in [2.24, 2.45) is 0 Å². The van der Waals surface area contributed by atoms with Crippen LogP contribution in [0.5, 0.6) is 0 Å². The molecule has 0 fully saturated rings. The Morgan fingerprint density at radius 3 is 1.94 bits per heavy atom. The van der Waals surface area contributed by atoms with E-state index in [1.165, 1.54) is 0 Å². The molecule has 0 bridgehead atoms. The van der Waals surface area contributed by atoms with Crippen LogP contribution in [0, 0.1) is 0 Å². The predicted octanol–water partition coefficient (Wildman–Crippen LogP) is -0.319. The summed E-state index contributed by atoms with van der Waals surface area (Å²) in [5.74, 6) is -3.01. The number of carboxylic acid groups (broad SMARTS) is 2. The van der Waals surface area contributed by atoms with Gasteiger partial charge in [0, 0.05) is 0 Å². The SMILES string of the molecule is O=C(O)c1ccc(C(=O)O)c(S(=O)(=O)O)c1.[KH]. The molecule has 1 aromatic rings. The van der Waals surface area contributed by atoms with E-state index >= 15 is 0 Å². The summed E-state index contributed by atoms with van der Waals surface area (Å²) in [7, 11) is -4.78. The Morgan fingerprint density at radius 1 is 1.06 bits per heavy atom. The molecule has 88 valence electrons. The Balaban J connectivity index is 0.00000256. The van der Waals surface area contributed by atoms with Gasteiger partial charge in [-0.3, -0.25) is 4.55 Å². The molecule has 1 aromatic carbocycles. The quantitative estimate of drug-likeness (QED) is 0.513. The molecule has 1 rings (SSSR count). The molecule has 0 saturated heterocycles. The monoisotopic (exact) mass is 286 g/mol. The summed E-state index contributed by atoms with van der Waals surface area (Å²) in [6.07, 6.45) is 0. The van der Waals surface area contributed by atoms with Crippen LogP contribution in [0.3, 0.4) is 0 Å². The molecule has 0 spiro atoms. The topological polar surface area (TPSA) is 129 Å². The summed E-state index contributed by atoms with van der Waals surface area (Å²) < 4.78 is 30.4. The maximum atomic E-state index is 10.8. The van der Waals surface area contributed by atoms with E-state index < -0.39 is 38.1 Å². The van der Waals surface area contributed by atoms with E-state index in [9.17, 15) is 18.0 Å². The second-order valence-corrected chi connectivity index (χ2v) is 4.19. The maximum absolute atomic E-state index is 10.8. The molecular weight excluding hydrogens is 279 g/mol. The van der Waals surface area contributed by atoms with Crippen LogP contribution < -0.4 is 0 Å². The second kappa shape index (κ2) is 6.04. The number of rotatable bonds is 3. The second-order valence-electron chi connectivity index (χ2n) is 2.80. The third-order valence-electron chi connectivity index (χ3n) is 1.74. The van der Waals surface area contributed by atoms with E-state index in [0.717, 1.165) is 12.1 Å². The minimum atomic E-state index is -4.78. The molecule has 17 heavy (non-hydrogen) atoms. The predicted molar refractivity (Wildman–Crippen MR) is 57.3 cm³/mol. The van der Waals surface area contributed by atoms with Crippen molar-refractivity contribution in [1.29, 1.82) is 0 Å². The summed E-state index contributed by atoms with van der Waals surface area (Å²) in [4.78, 5) is 20.2. The first-order valence-corrected chi connectivity index (χ1v) is 5.25. The standard InChI is InChI=1S/C8H6O7S.K.H/c9-7(10)4-1-2-5(8(11)12)6(3-4)16(13,14)15;;/h1-3H,(H,9,10)(H,11,12)(H,13,14,15);;. The zero-order chi connectivity index (χ0) is 12.5. The molecule has 0 amide bonds. The molecule has 3 N–H and O–H groups in total. The average Bonchev–Trinajstić information content (AvgIpc) is 2.15. The van der Waals surface area contributed by atoms with Crippen molar-refractivity contribution in [2.45, 2.75) is 4.90 Å². The van der Waals surface area contributed by atoms with Crippen molar-refractivity contribution in [1.82, 2.24) is 0 Å². The van der Waals surface area contributed by atoms with E-state index in [4.69, 9.17) is 14.8 Å². The molecule has 0 radical (unpaired) electrons. The summed E-state index contributed by atoms with van der Waals surface area (Å²) in [6, 6.07) is 2.32. The van der Waals surface area contributed by atoms with Crippen molar-refractivity contribution in [3.63, 3.8) is 0 Å². The Kier molecular flexibility index (Phi) is 5.94. The molecule has 0 aliphatic rings. The third-order valence-corrected chi connectivity index (χ3v) is 2.63. The van der Waals surface area contributed by atoms with Gasteiger partial charge in [0.05, 0.1) is 11.1 Å². The third kappa shape index (κ3) is 4.14. The Labute approximate surface area is 139 Å². The van der Waals surface area contributed by atoms with Crippen LogP contribution in [0.4, 0.5) is 0 Å². The van der Waals surface area contributed by atoms with Crippen molar-refractivity contribution >= 4 is 73.4 Å². The molecule has 7 nitrogen and oxygen atoms in total. The van der Waals surface area contributed by atoms with Gasteiger partial charge in [0.25, 0.3) is 10.1 Å². The van der Waals surface area contributed by atoms with Crippen LogP contribution in [-0.2, 0) is 10.1 Å². The van der Waals surface area contributed by atoms with Crippen LogP contribution in [0.1, 0.15) is 20.7 Å². The van der Waals surface area contributed by atoms with E-state index in [2.05, 4.69) is 0 Å². The van der Waals surface area contributed by atoms with Gasteiger partial charge in [-0.15, -0.1) is 0 Å². The van der Waals surface area contributed by atoms with Gasteiger partial charge < -0.3 is 10.2 Å². The number of carboxylic acids is 2. The first kappa shape index (κ1) is 16.7. The fourth-order valence-electron chi connectivity index (χ4n) is 1.05. The molecule has 0 unspecified atom stereocenters. The normalized spacial score (nSPS) is 10.4. The number of carbonyl (C=O) groups is 2. The summed E-state index contributed by atoms with van der Waals surface area (Å²) in [5.41, 5.74) is -1.12. The van der Waals surface area contributed by atoms with Gasteiger partial charge in [0.1, 0.15) is 4.90 Å². The molecule has 0 atom stereocenters. The summed E-state index contributed by atoms with van der Waals surface area (Å²) in [5, 5.41) is 17.2.